The number of unbranched alkanes of at least 4 members (excludes halogenated alkanes) is 2. The summed E-state index contributed by atoms with van der Waals surface area (Å²) >= 11 is 0. The van der Waals surface area contributed by atoms with Gasteiger partial charge in [0.15, 0.2) is 11.6 Å². The van der Waals surface area contributed by atoms with E-state index in [-0.39, 0.29) is 11.5 Å². The lowest BCUT2D eigenvalue weighted by atomic mass is 9.97. The van der Waals surface area contributed by atoms with Crippen molar-refractivity contribution in [2.24, 2.45) is 0 Å². The minimum absolute atomic E-state index is 0.261. The van der Waals surface area contributed by atoms with Crippen LogP contribution >= 0.6 is 0 Å². The Bertz CT molecular complexity index is 1010. The van der Waals surface area contributed by atoms with Crippen LogP contribution in [0, 0.1) is 11.6 Å². The van der Waals surface area contributed by atoms with Crippen molar-refractivity contribution >= 4 is 5.97 Å². The maximum atomic E-state index is 14.7. The topological polar surface area (TPSA) is 26.3 Å². The molecule has 0 aliphatic carbocycles. The van der Waals surface area contributed by atoms with Crippen LogP contribution in [0.4, 0.5) is 8.78 Å². The van der Waals surface area contributed by atoms with Crippen molar-refractivity contribution in [1.82, 2.24) is 0 Å². The average Bonchev–Trinajstić information content (AvgIpc) is 2.81. The van der Waals surface area contributed by atoms with Crippen LogP contribution in [0.25, 0.3) is 22.3 Å². The molecule has 0 radical (unpaired) electrons. The molecule has 162 valence electrons. The summed E-state index contributed by atoms with van der Waals surface area (Å²) in [5.41, 5.74) is 3.68. The summed E-state index contributed by atoms with van der Waals surface area (Å²) in [5, 5.41) is 0. The molecular weight excluding hydrogens is 394 g/mol. The second kappa shape index (κ2) is 10.9. The molecule has 0 amide bonds. The van der Waals surface area contributed by atoms with Crippen LogP contribution in [0.5, 0.6) is 0 Å². The molecule has 0 aliphatic heterocycles. The van der Waals surface area contributed by atoms with Gasteiger partial charge in [-0.2, -0.15) is 0 Å². The SMILES string of the molecule is CCCCCc1ccc(-c2ccc(-c3ccc(C(=O)OCCC)cc3)cc2)c(F)c1F. The van der Waals surface area contributed by atoms with E-state index in [4.69, 9.17) is 4.74 Å². The number of esters is 1. The summed E-state index contributed by atoms with van der Waals surface area (Å²) in [6, 6.07) is 17.8. The van der Waals surface area contributed by atoms with Crippen molar-refractivity contribution in [3.8, 4) is 22.3 Å². The van der Waals surface area contributed by atoms with Crippen LogP contribution in [0.1, 0.15) is 55.5 Å². The molecule has 4 heteroatoms. The number of hydrogen-bond donors (Lipinski definition) is 0. The monoisotopic (exact) mass is 422 g/mol. The van der Waals surface area contributed by atoms with Gasteiger partial charge in [-0.1, -0.05) is 75.2 Å². The molecule has 0 heterocycles. The van der Waals surface area contributed by atoms with E-state index in [2.05, 4.69) is 6.92 Å². The molecule has 0 bridgehead atoms. The highest BCUT2D eigenvalue weighted by molar-refractivity contribution is 5.90. The van der Waals surface area contributed by atoms with Gasteiger partial charge in [0.2, 0.25) is 0 Å². The second-order valence-corrected chi connectivity index (χ2v) is 7.65. The molecule has 0 fully saturated rings. The molecule has 3 aromatic carbocycles. The average molecular weight is 423 g/mol. The number of carbonyl (C=O) groups is 1. The van der Waals surface area contributed by atoms with Gasteiger partial charge >= 0.3 is 5.97 Å². The van der Waals surface area contributed by atoms with E-state index in [0.717, 1.165) is 36.8 Å². The standard InChI is InChI=1S/C27H28F2O2/c1-3-5-6-7-22-16-17-24(26(29)25(22)28)21-12-8-19(9-13-21)20-10-14-23(15-11-20)27(30)31-18-4-2/h8-17H,3-7,18H2,1-2H3. The predicted molar refractivity (Wildman–Crippen MR) is 121 cm³/mol. The molecule has 0 atom stereocenters. The summed E-state index contributed by atoms with van der Waals surface area (Å²) in [6.07, 6.45) is 4.24. The Morgan fingerprint density at radius 3 is 1.97 bits per heavy atom. The van der Waals surface area contributed by atoms with Gasteiger partial charge in [-0.15, -0.1) is 0 Å². The van der Waals surface area contributed by atoms with E-state index in [0.29, 0.717) is 29.7 Å². The van der Waals surface area contributed by atoms with E-state index < -0.39 is 11.6 Å². The minimum atomic E-state index is -0.795. The van der Waals surface area contributed by atoms with E-state index in [1.54, 1.807) is 36.4 Å². The zero-order valence-corrected chi connectivity index (χ0v) is 18.1. The zero-order chi connectivity index (χ0) is 22.2. The highest BCUT2D eigenvalue weighted by Gasteiger charge is 2.15. The van der Waals surface area contributed by atoms with Gasteiger partial charge in [0, 0.05) is 5.56 Å². The van der Waals surface area contributed by atoms with Gasteiger partial charge in [-0.05, 0) is 53.6 Å². The van der Waals surface area contributed by atoms with Gasteiger partial charge in [0.25, 0.3) is 0 Å². The van der Waals surface area contributed by atoms with Crippen molar-refractivity contribution in [1.29, 1.82) is 0 Å². The largest absolute Gasteiger partial charge is 0.462 e. The van der Waals surface area contributed by atoms with E-state index in [9.17, 15) is 13.6 Å². The predicted octanol–water partition coefficient (Wildman–Crippen LogP) is 7.60. The number of ether oxygens (including phenoxy) is 1. The molecule has 0 N–H and O–H groups in total. The van der Waals surface area contributed by atoms with Crippen molar-refractivity contribution in [2.75, 3.05) is 6.61 Å². The lowest BCUT2D eigenvalue weighted by Gasteiger charge is -2.10. The number of rotatable bonds is 9. The molecule has 2 nitrogen and oxygen atoms in total. The van der Waals surface area contributed by atoms with Crippen molar-refractivity contribution in [3.05, 3.63) is 83.4 Å². The Labute approximate surface area is 182 Å². The van der Waals surface area contributed by atoms with E-state index in [1.807, 2.05) is 31.2 Å². The zero-order valence-electron chi connectivity index (χ0n) is 18.1. The third kappa shape index (κ3) is 5.57. The molecule has 3 aromatic rings. The lowest BCUT2D eigenvalue weighted by Crippen LogP contribution is -2.05. The fourth-order valence-electron chi connectivity index (χ4n) is 3.49. The van der Waals surface area contributed by atoms with Gasteiger partial charge in [-0.3, -0.25) is 0 Å². The Morgan fingerprint density at radius 2 is 1.35 bits per heavy atom. The van der Waals surface area contributed by atoms with Crippen LogP contribution in [0.3, 0.4) is 0 Å². The summed E-state index contributed by atoms with van der Waals surface area (Å²) in [4.78, 5) is 11.9. The fraction of sp³-hybridized carbons (Fsp3) is 0.296. The number of aryl methyl sites for hydroxylation is 1. The third-order valence-electron chi connectivity index (χ3n) is 5.30. The molecule has 0 aliphatic rings. The first-order chi connectivity index (χ1) is 15.0. The van der Waals surface area contributed by atoms with Crippen LogP contribution < -0.4 is 0 Å². The smallest absolute Gasteiger partial charge is 0.338 e. The second-order valence-electron chi connectivity index (χ2n) is 7.65. The minimum Gasteiger partial charge on any atom is -0.462 e. The summed E-state index contributed by atoms with van der Waals surface area (Å²) < 4.78 is 34.3. The molecule has 0 aromatic heterocycles. The Morgan fingerprint density at radius 1 is 0.742 bits per heavy atom. The first-order valence-corrected chi connectivity index (χ1v) is 10.9. The number of benzene rings is 3. The van der Waals surface area contributed by atoms with Gasteiger partial charge < -0.3 is 4.74 Å². The Kier molecular flexibility index (Phi) is 7.94. The van der Waals surface area contributed by atoms with Gasteiger partial charge in [0.05, 0.1) is 12.2 Å². The number of halogens is 2. The maximum Gasteiger partial charge on any atom is 0.338 e. The molecule has 0 saturated carbocycles. The third-order valence-corrected chi connectivity index (χ3v) is 5.30. The van der Waals surface area contributed by atoms with Gasteiger partial charge in [-0.25, -0.2) is 13.6 Å². The Balaban J connectivity index is 1.76. The molecule has 3 rings (SSSR count). The fourth-order valence-corrected chi connectivity index (χ4v) is 3.49. The number of carbonyl (C=O) groups excluding carboxylic acids is 1. The van der Waals surface area contributed by atoms with E-state index in [1.165, 1.54) is 0 Å². The molecule has 0 spiro atoms. The molecule has 0 unspecified atom stereocenters. The van der Waals surface area contributed by atoms with Crippen molar-refractivity contribution < 1.29 is 18.3 Å². The van der Waals surface area contributed by atoms with Crippen LogP contribution in [0.15, 0.2) is 60.7 Å². The van der Waals surface area contributed by atoms with Gasteiger partial charge in [0.1, 0.15) is 0 Å². The Hall–Kier alpha value is -3.01. The summed E-state index contributed by atoms with van der Waals surface area (Å²) in [7, 11) is 0. The lowest BCUT2D eigenvalue weighted by molar-refractivity contribution is 0.0505. The molecular formula is C27H28F2O2. The molecule has 31 heavy (non-hydrogen) atoms. The highest BCUT2D eigenvalue weighted by atomic mass is 19.2. The quantitative estimate of drug-likeness (QED) is 0.262. The van der Waals surface area contributed by atoms with Crippen LogP contribution in [-0.2, 0) is 11.2 Å². The van der Waals surface area contributed by atoms with Crippen molar-refractivity contribution in [2.45, 2.75) is 46.0 Å². The van der Waals surface area contributed by atoms with Crippen molar-refractivity contribution in [3.63, 3.8) is 0 Å². The summed E-state index contributed by atoms with van der Waals surface area (Å²) in [5.74, 6) is -1.88. The maximum absolute atomic E-state index is 14.7. The first-order valence-electron chi connectivity index (χ1n) is 10.9. The highest BCUT2D eigenvalue weighted by Crippen LogP contribution is 2.29. The van der Waals surface area contributed by atoms with E-state index >= 15 is 0 Å². The number of hydrogen-bond acceptors (Lipinski definition) is 2. The normalized spacial score (nSPS) is 10.8. The van der Waals surface area contributed by atoms with Crippen LogP contribution in [0.2, 0.25) is 0 Å². The first kappa shape index (κ1) is 22.7. The summed E-state index contributed by atoms with van der Waals surface area (Å²) in [6.45, 7) is 4.43. The molecule has 0 saturated heterocycles. The van der Waals surface area contributed by atoms with Crippen LogP contribution in [-0.4, -0.2) is 12.6 Å².